The van der Waals surface area contributed by atoms with Crippen molar-refractivity contribution in [1.29, 1.82) is 0 Å². The zero-order chi connectivity index (χ0) is 10.7. The second-order valence-electron chi connectivity index (χ2n) is 4.59. The highest BCUT2D eigenvalue weighted by Crippen LogP contribution is 2.24. The molecule has 0 radical (unpaired) electrons. The molecule has 15 heavy (non-hydrogen) atoms. The van der Waals surface area contributed by atoms with E-state index in [0.29, 0.717) is 6.61 Å². The van der Waals surface area contributed by atoms with Crippen molar-refractivity contribution >= 4 is 0 Å². The molecule has 1 saturated heterocycles. The van der Waals surface area contributed by atoms with Gasteiger partial charge in [-0.2, -0.15) is 0 Å². The molecule has 1 aliphatic carbocycles. The van der Waals surface area contributed by atoms with Crippen LogP contribution in [0.4, 0.5) is 0 Å². The zero-order valence-corrected chi connectivity index (χ0v) is 9.14. The molecule has 2 fully saturated rings. The summed E-state index contributed by atoms with van der Waals surface area (Å²) in [7, 11) is 0. The third kappa shape index (κ3) is 2.69. The highest BCUT2D eigenvalue weighted by molar-refractivity contribution is 4.85. The third-order valence-electron chi connectivity index (χ3n) is 3.54. The number of hydrogen-bond donors (Lipinski definition) is 2. The van der Waals surface area contributed by atoms with Crippen LogP contribution in [0.1, 0.15) is 25.7 Å². The van der Waals surface area contributed by atoms with E-state index < -0.39 is 0 Å². The molecule has 1 heterocycles. The fraction of sp³-hybridized carbons (Fsp3) is 1.00. The standard InChI is InChI=1S/C11H21NO3/c13-8-9-7-12(5-6-15-9)10-3-1-2-4-11(10)14/h9-11,13-14H,1-8H2/t9?,10-,11-/m0/s1. The normalized spacial score (nSPS) is 39.2. The van der Waals surface area contributed by atoms with Crippen LogP contribution in [0.3, 0.4) is 0 Å². The molecular formula is C11H21NO3. The Hall–Kier alpha value is -0.160. The molecule has 1 saturated carbocycles. The van der Waals surface area contributed by atoms with Gasteiger partial charge < -0.3 is 14.9 Å². The maximum absolute atomic E-state index is 9.94. The number of nitrogens with zero attached hydrogens (tertiary/aromatic N) is 1. The van der Waals surface area contributed by atoms with Crippen LogP contribution in [0.2, 0.25) is 0 Å². The molecule has 1 aliphatic heterocycles. The highest BCUT2D eigenvalue weighted by Gasteiger charge is 2.32. The number of aliphatic hydroxyl groups is 2. The summed E-state index contributed by atoms with van der Waals surface area (Å²) in [6.07, 6.45) is 4.11. The second-order valence-corrected chi connectivity index (χ2v) is 4.59. The van der Waals surface area contributed by atoms with Gasteiger partial charge in [-0.3, -0.25) is 4.90 Å². The van der Waals surface area contributed by atoms with Gasteiger partial charge in [0.25, 0.3) is 0 Å². The number of morpholine rings is 1. The van der Waals surface area contributed by atoms with Gasteiger partial charge in [-0.15, -0.1) is 0 Å². The van der Waals surface area contributed by atoms with Crippen molar-refractivity contribution in [3.05, 3.63) is 0 Å². The molecule has 4 nitrogen and oxygen atoms in total. The van der Waals surface area contributed by atoms with Gasteiger partial charge in [-0.1, -0.05) is 12.8 Å². The van der Waals surface area contributed by atoms with E-state index >= 15 is 0 Å². The molecule has 1 unspecified atom stereocenters. The average Bonchev–Trinajstić information content (AvgIpc) is 2.30. The van der Waals surface area contributed by atoms with Crippen LogP contribution in [-0.4, -0.2) is 59.7 Å². The van der Waals surface area contributed by atoms with E-state index in [0.717, 1.165) is 32.4 Å². The van der Waals surface area contributed by atoms with Crippen LogP contribution in [0, 0.1) is 0 Å². The minimum absolute atomic E-state index is 0.0622. The summed E-state index contributed by atoms with van der Waals surface area (Å²) in [5, 5.41) is 19.0. The summed E-state index contributed by atoms with van der Waals surface area (Å²) in [5.41, 5.74) is 0. The molecule has 0 bridgehead atoms. The van der Waals surface area contributed by atoms with Crippen LogP contribution in [0.25, 0.3) is 0 Å². The van der Waals surface area contributed by atoms with Crippen LogP contribution in [0.5, 0.6) is 0 Å². The van der Waals surface area contributed by atoms with Gasteiger partial charge in [0.15, 0.2) is 0 Å². The summed E-state index contributed by atoms with van der Waals surface area (Å²) in [6.45, 7) is 2.41. The van der Waals surface area contributed by atoms with Gasteiger partial charge >= 0.3 is 0 Å². The van der Waals surface area contributed by atoms with Crippen LogP contribution < -0.4 is 0 Å². The maximum Gasteiger partial charge on any atom is 0.0933 e. The van der Waals surface area contributed by atoms with Crippen molar-refractivity contribution in [3.63, 3.8) is 0 Å². The van der Waals surface area contributed by atoms with Crippen molar-refractivity contribution in [2.24, 2.45) is 0 Å². The lowest BCUT2D eigenvalue weighted by atomic mass is 9.91. The van der Waals surface area contributed by atoms with Gasteiger partial charge in [-0.25, -0.2) is 0 Å². The van der Waals surface area contributed by atoms with E-state index in [1.807, 2.05) is 0 Å². The molecule has 2 aliphatic rings. The Morgan fingerprint density at radius 3 is 2.80 bits per heavy atom. The number of hydrogen-bond acceptors (Lipinski definition) is 4. The smallest absolute Gasteiger partial charge is 0.0933 e. The molecule has 0 spiro atoms. The number of aliphatic hydroxyl groups excluding tert-OH is 2. The van der Waals surface area contributed by atoms with Crippen molar-refractivity contribution in [2.75, 3.05) is 26.3 Å². The van der Waals surface area contributed by atoms with Gasteiger partial charge in [0.05, 0.1) is 25.4 Å². The molecule has 0 aromatic heterocycles. The third-order valence-corrected chi connectivity index (χ3v) is 3.54. The summed E-state index contributed by atoms with van der Waals surface area (Å²) in [6, 6.07) is 0.289. The molecule has 2 N–H and O–H groups in total. The first kappa shape index (κ1) is 11.3. The summed E-state index contributed by atoms with van der Waals surface area (Å²) in [5.74, 6) is 0. The maximum atomic E-state index is 9.94. The van der Waals surface area contributed by atoms with E-state index in [9.17, 15) is 5.11 Å². The topological polar surface area (TPSA) is 52.9 Å². The minimum Gasteiger partial charge on any atom is -0.394 e. The van der Waals surface area contributed by atoms with Crippen molar-refractivity contribution in [2.45, 2.75) is 43.9 Å². The molecule has 88 valence electrons. The largest absolute Gasteiger partial charge is 0.394 e. The fourth-order valence-corrected chi connectivity index (χ4v) is 2.67. The first-order chi connectivity index (χ1) is 7.31. The predicted molar refractivity (Wildman–Crippen MR) is 56.7 cm³/mol. The Bertz CT molecular complexity index is 200. The van der Waals surface area contributed by atoms with Crippen LogP contribution >= 0.6 is 0 Å². The molecule has 4 heteroatoms. The molecule has 2 rings (SSSR count). The Morgan fingerprint density at radius 1 is 1.27 bits per heavy atom. The SMILES string of the molecule is OCC1CN([C@H]2CCCC[C@@H]2O)CCO1. The van der Waals surface area contributed by atoms with E-state index in [-0.39, 0.29) is 24.9 Å². The fourth-order valence-electron chi connectivity index (χ4n) is 2.67. The molecule has 3 atom stereocenters. The summed E-state index contributed by atoms with van der Waals surface area (Å²) < 4.78 is 5.41. The molecule has 0 aromatic rings. The predicted octanol–water partition coefficient (Wildman–Crippen LogP) is -0.0170. The Balaban J connectivity index is 1.90. The second kappa shape index (κ2) is 5.25. The van der Waals surface area contributed by atoms with Crippen molar-refractivity contribution in [1.82, 2.24) is 4.90 Å². The lowest BCUT2D eigenvalue weighted by molar-refractivity contribution is -0.0877. The van der Waals surface area contributed by atoms with E-state index in [1.54, 1.807) is 0 Å². The monoisotopic (exact) mass is 215 g/mol. The highest BCUT2D eigenvalue weighted by atomic mass is 16.5. The summed E-state index contributed by atoms with van der Waals surface area (Å²) >= 11 is 0. The molecule has 0 aromatic carbocycles. The Kier molecular flexibility index (Phi) is 3.97. The van der Waals surface area contributed by atoms with Crippen LogP contribution in [-0.2, 0) is 4.74 Å². The number of rotatable bonds is 2. The first-order valence-corrected chi connectivity index (χ1v) is 5.96. The van der Waals surface area contributed by atoms with Crippen molar-refractivity contribution < 1.29 is 14.9 Å². The van der Waals surface area contributed by atoms with Gasteiger partial charge in [-0.05, 0) is 12.8 Å². The average molecular weight is 215 g/mol. The lowest BCUT2D eigenvalue weighted by Crippen LogP contribution is -2.53. The molecular weight excluding hydrogens is 194 g/mol. The van der Waals surface area contributed by atoms with E-state index in [1.165, 1.54) is 6.42 Å². The molecule has 0 amide bonds. The Labute approximate surface area is 90.8 Å². The first-order valence-electron chi connectivity index (χ1n) is 5.96. The van der Waals surface area contributed by atoms with Gasteiger partial charge in [0, 0.05) is 19.1 Å². The van der Waals surface area contributed by atoms with Crippen molar-refractivity contribution in [3.8, 4) is 0 Å². The lowest BCUT2D eigenvalue weighted by Gasteiger charge is -2.41. The van der Waals surface area contributed by atoms with Crippen LogP contribution in [0.15, 0.2) is 0 Å². The van der Waals surface area contributed by atoms with Gasteiger partial charge in [0.1, 0.15) is 0 Å². The number of ether oxygens (including phenoxy) is 1. The summed E-state index contributed by atoms with van der Waals surface area (Å²) in [4.78, 5) is 2.29. The van der Waals surface area contributed by atoms with E-state index in [4.69, 9.17) is 9.84 Å². The minimum atomic E-state index is -0.184. The van der Waals surface area contributed by atoms with Gasteiger partial charge in [0.2, 0.25) is 0 Å². The quantitative estimate of drug-likeness (QED) is 0.680. The Morgan fingerprint density at radius 2 is 2.07 bits per heavy atom. The zero-order valence-electron chi connectivity index (χ0n) is 9.14. The van der Waals surface area contributed by atoms with E-state index in [2.05, 4.69) is 4.90 Å².